The minimum absolute atomic E-state index is 0.00190. The first-order valence-corrected chi connectivity index (χ1v) is 16.3. The van der Waals surface area contributed by atoms with E-state index >= 15 is 0 Å². The van der Waals surface area contributed by atoms with Gasteiger partial charge in [-0.2, -0.15) is 8.42 Å². The third kappa shape index (κ3) is 6.12. The molecule has 4 aromatic rings. The number of pyridine rings is 1. The molecule has 1 N–H and O–H groups in total. The third-order valence-corrected chi connectivity index (χ3v) is 9.02. The number of hydrogen-bond donors (Lipinski definition) is 1. The van der Waals surface area contributed by atoms with Gasteiger partial charge in [0.25, 0.3) is 5.91 Å². The second-order valence-electron chi connectivity index (χ2n) is 12.3. The molecule has 4 heterocycles. The summed E-state index contributed by atoms with van der Waals surface area (Å²) in [5, 5.41) is 3.29. The summed E-state index contributed by atoms with van der Waals surface area (Å²) in [5.41, 5.74) is 2.20. The number of nitrogens with one attached hydrogen (secondary N) is 1. The van der Waals surface area contributed by atoms with Crippen molar-refractivity contribution >= 4 is 33.0 Å². The molecule has 2 aliphatic rings. The normalized spacial score (nSPS) is 15.5. The van der Waals surface area contributed by atoms with Gasteiger partial charge in [0.1, 0.15) is 5.60 Å². The molecule has 0 atom stereocenters. The lowest BCUT2D eigenvalue weighted by atomic mass is 9.98. The van der Waals surface area contributed by atoms with E-state index in [0.717, 1.165) is 30.6 Å². The Kier molecular flexibility index (Phi) is 8.04. The minimum Gasteiger partial charge on any atom is -0.493 e. The highest BCUT2D eigenvalue weighted by Gasteiger charge is 2.35. The van der Waals surface area contributed by atoms with Crippen molar-refractivity contribution in [2.24, 2.45) is 0 Å². The van der Waals surface area contributed by atoms with Gasteiger partial charge in [-0.25, -0.2) is 14.3 Å². The van der Waals surface area contributed by atoms with E-state index in [0.29, 0.717) is 22.3 Å². The van der Waals surface area contributed by atoms with Crippen molar-refractivity contribution in [1.82, 2.24) is 19.8 Å². The molecule has 0 aliphatic carbocycles. The monoisotopic (exact) mass is 632 g/mol. The molecule has 2 aromatic heterocycles. The van der Waals surface area contributed by atoms with Gasteiger partial charge in [-0.1, -0.05) is 18.6 Å². The molecule has 2 aromatic carbocycles. The lowest BCUT2D eigenvalue weighted by Crippen LogP contribution is -2.29. The molecule has 0 unspecified atom stereocenters. The van der Waals surface area contributed by atoms with Crippen LogP contribution in [0.1, 0.15) is 61.5 Å². The Morgan fingerprint density at radius 1 is 1.04 bits per heavy atom. The highest BCUT2D eigenvalue weighted by Crippen LogP contribution is 2.44. The molecular formula is C33H36N4O7S. The zero-order valence-corrected chi connectivity index (χ0v) is 26.6. The lowest BCUT2D eigenvalue weighted by molar-refractivity contribution is 0.0546. The van der Waals surface area contributed by atoms with Crippen LogP contribution >= 0.6 is 0 Å². The molecule has 12 heteroatoms. The number of methoxy groups -OCH3 is 1. The van der Waals surface area contributed by atoms with Crippen molar-refractivity contribution in [3.63, 3.8) is 0 Å². The van der Waals surface area contributed by atoms with E-state index < -0.39 is 27.7 Å². The molecule has 1 amide bonds. The van der Waals surface area contributed by atoms with E-state index in [1.165, 1.54) is 55.3 Å². The maximum absolute atomic E-state index is 13.8. The summed E-state index contributed by atoms with van der Waals surface area (Å²) >= 11 is 0. The van der Waals surface area contributed by atoms with Gasteiger partial charge < -0.3 is 19.0 Å². The van der Waals surface area contributed by atoms with Crippen LogP contribution in [0.4, 0.5) is 4.79 Å². The average Bonchev–Trinajstić information content (AvgIpc) is 3.58. The van der Waals surface area contributed by atoms with Crippen molar-refractivity contribution in [3.8, 4) is 22.8 Å². The standard InChI is InChI=1S/C33H36N4O7S/c1-33(2,3)43-32(39)37-25-12-11-21(20-36-14-8-5-9-15-36)16-22(25)17-26(37)23-18-27(42-4)30(24-19-35-31(38)29(23)24)44-45(40,41)28-10-6-7-13-34-28/h6-7,10-13,16-18H,5,8-9,14-15,19-20H2,1-4H3,(H,35,38). The van der Waals surface area contributed by atoms with Crippen LogP contribution in [0, 0.1) is 0 Å². The first-order valence-electron chi connectivity index (χ1n) is 14.9. The van der Waals surface area contributed by atoms with Gasteiger partial charge in [-0.05, 0) is 88.7 Å². The Morgan fingerprint density at radius 3 is 2.51 bits per heavy atom. The molecule has 0 spiro atoms. The number of rotatable bonds is 7. The first kappa shape index (κ1) is 30.6. The van der Waals surface area contributed by atoms with Crippen LogP contribution in [0.15, 0.2) is 59.8 Å². The second kappa shape index (κ2) is 11.8. The van der Waals surface area contributed by atoms with Crippen LogP contribution in [-0.4, -0.2) is 60.7 Å². The van der Waals surface area contributed by atoms with Gasteiger partial charge in [0.05, 0.1) is 23.9 Å². The van der Waals surface area contributed by atoms with Crippen LogP contribution in [0.3, 0.4) is 0 Å². The number of benzene rings is 2. The number of carbonyl (C=O) groups excluding carboxylic acids is 2. The van der Waals surface area contributed by atoms with Crippen LogP contribution in [0.5, 0.6) is 11.5 Å². The van der Waals surface area contributed by atoms with Crippen LogP contribution in [0.25, 0.3) is 22.2 Å². The molecule has 45 heavy (non-hydrogen) atoms. The van der Waals surface area contributed by atoms with E-state index in [-0.39, 0.29) is 28.6 Å². The SMILES string of the molecule is COc1cc(-c2cc3cc(CN4CCCCC4)ccc3n2C(=O)OC(C)(C)C)c2c(c1OS(=O)(=O)c1ccccn1)CNC2=O. The largest absolute Gasteiger partial charge is 0.493 e. The second-order valence-corrected chi connectivity index (χ2v) is 13.8. The summed E-state index contributed by atoms with van der Waals surface area (Å²) in [5.74, 6) is -0.481. The minimum atomic E-state index is -4.36. The van der Waals surface area contributed by atoms with E-state index in [2.05, 4.69) is 21.3 Å². The Bertz CT molecular complexity index is 1890. The maximum atomic E-state index is 13.8. The molecule has 11 nitrogen and oxygen atoms in total. The van der Waals surface area contributed by atoms with Crippen molar-refractivity contribution in [1.29, 1.82) is 0 Å². The predicted octanol–water partition coefficient (Wildman–Crippen LogP) is 5.49. The van der Waals surface area contributed by atoms with E-state index in [1.807, 2.05) is 18.2 Å². The Balaban J connectivity index is 1.51. The van der Waals surface area contributed by atoms with Crippen LogP contribution < -0.4 is 14.2 Å². The van der Waals surface area contributed by atoms with Gasteiger partial charge in [0.15, 0.2) is 16.5 Å². The summed E-state index contributed by atoms with van der Waals surface area (Å²) in [6, 6.07) is 13.8. The smallest absolute Gasteiger partial charge is 0.419 e. The quantitative estimate of drug-likeness (QED) is 0.263. The fraction of sp³-hybridized carbons (Fsp3) is 0.364. The molecule has 236 valence electrons. The Labute approximate surface area is 262 Å². The van der Waals surface area contributed by atoms with Crippen LogP contribution in [-0.2, 0) is 27.9 Å². The predicted molar refractivity (Wildman–Crippen MR) is 168 cm³/mol. The number of likely N-dealkylation sites (tertiary alicyclic amines) is 1. The molecule has 0 saturated carbocycles. The number of amides is 1. The number of ether oxygens (including phenoxy) is 2. The van der Waals surface area contributed by atoms with Gasteiger partial charge in [0, 0.05) is 35.8 Å². The van der Waals surface area contributed by atoms with Crippen molar-refractivity contribution in [3.05, 3.63) is 71.4 Å². The summed E-state index contributed by atoms with van der Waals surface area (Å²) in [4.78, 5) is 33.5. The summed E-state index contributed by atoms with van der Waals surface area (Å²) in [7, 11) is -2.97. The third-order valence-electron chi connectivity index (χ3n) is 7.88. The molecule has 2 aliphatic heterocycles. The summed E-state index contributed by atoms with van der Waals surface area (Å²) < 4.78 is 44.8. The zero-order chi connectivity index (χ0) is 31.9. The number of piperidine rings is 1. The lowest BCUT2D eigenvalue weighted by Gasteiger charge is -2.26. The maximum Gasteiger partial charge on any atom is 0.419 e. The Hall–Kier alpha value is -4.42. The topological polar surface area (TPSA) is 129 Å². The molecule has 0 bridgehead atoms. The van der Waals surface area contributed by atoms with Gasteiger partial charge in [-0.15, -0.1) is 0 Å². The average molecular weight is 633 g/mol. The summed E-state index contributed by atoms with van der Waals surface area (Å²) in [6.07, 6.45) is 4.34. The highest BCUT2D eigenvalue weighted by molar-refractivity contribution is 7.87. The number of aromatic nitrogens is 2. The molecule has 1 fully saturated rings. The van der Waals surface area contributed by atoms with Crippen molar-refractivity contribution in [2.45, 2.75) is 63.8 Å². The molecule has 6 rings (SSSR count). The number of hydrogen-bond acceptors (Lipinski definition) is 9. The van der Waals surface area contributed by atoms with E-state index in [9.17, 15) is 18.0 Å². The van der Waals surface area contributed by atoms with E-state index in [4.69, 9.17) is 13.7 Å². The molecule has 1 saturated heterocycles. The fourth-order valence-corrected chi connectivity index (χ4v) is 6.84. The van der Waals surface area contributed by atoms with E-state index in [1.54, 1.807) is 26.8 Å². The number of nitrogens with zero attached hydrogens (tertiary/aromatic N) is 3. The van der Waals surface area contributed by atoms with Gasteiger partial charge >= 0.3 is 16.2 Å². The van der Waals surface area contributed by atoms with Gasteiger partial charge in [0.2, 0.25) is 0 Å². The van der Waals surface area contributed by atoms with Crippen molar-refractivity contribution < 1.29 is 31.7 Å². The highest BCUT2D eigenvalue weighted by atomic mass is 32.2. The number of carbonyl (C=O) groups is 2. The zero-order valence-electron chi connectivity index (χ0n) is 25.8. The first-order chi connectivity index (χ1) is 21.4. The Morgan fingerprint density at radius 2 is 1.82 bits per heavy atom. The molecule has 0 radical (unpaired) electrons. The molecular weight excluding hydrogens is 596 g/mol. The number of fused-ring (bicyclic) bond motifs is 2. The fourth-order valence-electron chi connectivity index (χ4n) is 5.91. The summed E-state index contributed by atoms with van der Waals surface area (Å²) in [6.45, 7) is 8.25. The van der Waals surface area contributed by atoms with Crippen LogP contribution in [0.2, 0.25) is 0 Å². The van der Waals surface area contributed by atoms with Crippen molar-refractivity contribution in [2.75, 3.05) is 20.2 Å². The van der Waals surface area contributed by atoms with Gasteiger partial charge in [-0.3, -0.25) is 9.69 Å².